The van der Waals surface area contributed by atoms with Crippen LogP contribution in [0.1, 0.15) is 29.1 Å². The maximum Gasteiger partial charge on any atom is 0.251 e. The summed E-state index contributed by atoms with van der Waals surface area (Å²) in [6, 6.07) is 14.3. The highest BCUT2D eigenvalue weighted by Gasteiger charge is 2.10. The molecule has 156 valence electrons. The molecule has 0 bridgehead atoms. The van der Waals surface area contributed by atoms with Gasteiger partial charge in [-0.15, -0.1) is 0 Å². The Morgan fingerprint density at radius 2 is 1.83 bits per heavy atom. The molecule has 2 N–H and O–H groups in total. The van der Waals surface area contributed by atoms with Crippen LogP contribution >= 0.6 is 27.5 Å². The zero-order valence-electron chi connectivity index (χ0n) is 16.0. The molecule has 30 heavy (non-hydrogen) atoms. The Balaban J connectivity index is 1.32. The number of rotatable bonds is 9. The fourth-order valence-corrected chi connectivity index (χ4v) is 3.20. The van der Waals surface area contributed by atoms with Crippen molar-refractivity contribution in [3.05, 3.63) is 69.5 Å². The van der Waals surface area contributed by atoms with Crippen molar-refractivity contribution in [2.45, 2.75) is 19.3 Å². The van der Waals surface area contributed by atoms with Gasteiger partial charge in [-0.2, -0.15) is 4.98 Å². The Bertz CT molecular complexity index is 1010. The van der Waals surface area contributed by atoms with Crippen molar-refractivity contribution in [3.8, 4) is 11.4 Å². The second-order valence-electron chi connectivity index (χ2n) is 6.49. The summed E-state index contributed by atoms with van der Waals surface area (Å²) in [5.74, 6) is 0.698. The highest BCUT2D eigenvalue weighted by Crippen LogP contribution is 2.19. The number of hydrogen-bond donors (Lipinski definition) is 2. The number of carbonyl (C=O) groups excluding carboxylic acids is 2. The van der Waals surface area contributed by atoms with E-state index in [1.807, 2.05) is 18.2 Å². The number of amides is 2. The largest absolute Gasteiger partial charge is 0.354 e. The molecule has 0 radical (unpaired) electrons. The van der Waals surface area contributed by atoms with Crippen molar-refractivity contribution in [2.24, 2.45) is 0 Å². The van der Waals surface area contributed by atoms with E-state index in [9.17, 15) is 9.59 Å². The molecule has 3 aromatic rings. The van der Waals surface area contributed by atoms with E-state index in [-0.39, 0.29) is 11.8 Å². The van der Waals surface area contributed by atoms with Crippen molar-refractivity contribution in [3.63, 3.8) is 0 Å². The minimum Gasteiger partial charge on any atom is -0.354 e. The summed E-state index contributed by atoms with van der Waals surface area (Å²) in [4.78, 5) is 28.3. The summed E-state index contributed by atoms with van der Waals surface area (Å²) in [5.41, 5.74) is 1.38. The molecule has 0 fully saturated rings. The lowest BCUT2D eigenvalue weighted by Gasteiger charge is -2.07. The van der Waals surface area contributed by atoms with E-state index in [0.717, 1.165) is 10.0 Å². The van der Waals surface area contributed by atoms with Gasteiger partial charge in [0.25, 0.3) is 5.91 Å². The van der Waals surface area contributed by atoms with Crippen LogP contribution in [-0.4, -0.2) is 35.0 Å². The summed E-state index contributed by atoms with van der Waals surface area (Å²) < 4.78 is 6.07. The van der Waals surface area contributed by atoms with Crippen LogP contribution in [0.5, 0.6) is 0 Å². The number of hydrogen-bond acceptors (Lipinski definition) is 5. The predicted molar refractivity (Wildman–Crippen MR) is 117 cm³/mol. The number of nitrogens with one attached hydrogen (secondary N) is 2. The van der Waals surface area contributed by atoms with Crippen molar-refractivity contribution < 1.29 is 14.1 Å². The van der Waals surface area contributed by atoms with Gasteiger partial charge in [0.05, 0.1) is 0 Å². The Labute approximate surface area is 187 Å². The van der Waals surface area contributed by atoms with E-state index in [4.69, 9.17) is 16.1 Å². The quantitative estimate of drug-likeness (QED) is 0.441. The summed E-state index contributed by atoms with van der Waals surface area (Å²) >= 11 is 9.20. The number of nitrogens with zero attached hydrogens (tertiary/aromatic N) is 2. The summed E-state index contributed by atoms with van der Waals surface area (Å²) in [6.45, 7) is 0.713. The molecule has 2 aromatic carbocycles. The van der Waals surface area contributed by atoms with Crippen LogP contribution in [0.3, 0.4) is 0 Å². The first kappa shape index (κ1) is 22.0. The lowest BCUT2D eigenvalue weighted by Crippen LogP contribution is -2.34. The maximum atomic E-state index is 12.0. The van der Waals surface area contributed by atoms with Gasteiger partial charge in [-0.3, -0.25) is 9.59 Å². The smallest absolute Gasteiger partial charge is 0.251 e. The van der Waals surface area contributed by atoms with Crippen molar-refractivity contribution in [1.82, 2.24) is 20.8 Å². The molecule has 3 rings (SSSR count). The molecular weight excluding hydrogens is 472 g/mol. The van der Waals surface area contributed by atoms with E-state index in [1.54, 1.807) is 30.3 Å². The van der Waals surface area contributed by atoms with E-state index in [2.05, 4.69) is 36.7 Å². The zero-order valence-corrected chi connectivity index (χ0v) is 18.4. The van der Waals surface area contributed by atoms with Gasteiger partial charge in [0.15, 0.2) is 0 Å². The number of aryl methyl sites for hydroxylation is 1. The van der Waals surface area contributed by atoms with Gasteiger partial charge in [-0.25, -0.2) is 0 Å². The van der Waals surface area contributed by atoms with E-state index >= 15 is 0 Å². The number of aromatic nitrogens is 2. The molecule has 0 spiro atoms. The average Bonchev–Trinajstić information content (AvgIpc) is 3.20. The average molecular weight is 492 g/mol. The van der Waals surface area contributed by atoms with Crippen molar-refractivity contribution in [1.29, 1.82) is 0 Å². The summed E-state index contributed by atoms with van der Waals surface area (Å²) in [5, 5.41) is 10.1. The fraction of sp³-hybridized carbons (Fsp3) is 0.238. The Morgan fingerprint density at radius 3 is 2.60 bits per heavy atom. The van der Waals surface area contributed by atoms with Crippen LogP contribution in [0.25, 0.3) is 11.4 Å². The van der Waals surface area contributed by atoms with Gasteiger partial charge >= 0.3 is 0 Å². The summed E-state index contributed by atoms with van der Waals surface area (Å²) in [7, 11) is 0. The molecule has 9 heteroatoms. The van der Waals surface area contributed by atoms with Crippen LogP contribution in [0.4, 0.5) is 0 Å². The van der Waals surface area contributed by atoms with Crippen molar-refractivity contribution in [2.75, 3.05) is 13.1 Å². The van der Waals surface area contributed by atoms with Gasteiger partial charge in [0, 0.05) is 46.6 Å². The van der Waals surface area contributed by atoms with Gasteiger partial charge in [-0.05, 0) is 48.9 Å². The molecule has 0 saturated carbocycles. The van der Waals surface area contributed by atoms with Gasteiger partial charge < -0.3 is 15.2 Å². The van der Waals surface area contributed by atoms with Crippen molar-refractivity contribution >= 4 is 39.3 Å². The monoisotopic (exact) mass is 490 g/mol. The molecule has 0 aliphatic heterocycles. The Hall–Kier alpha value is -2.71. The third-order valence-corrected chi connectivity index (χ3v) is 4.93. The standard InChI is InChI=1S/C21H20BrClN4O3/c22-16-4-1-3-15(13-16)21(29)25-12-11-24-18(28)5-2-6-19-26-20(27-30-19)14-7-9-17(23)10-8-14/h1,3-4,7-10,13H,2,5-6,11-12H2,(H,24,28)(H,25,29). The van der Waals surface area contributed by atoms with E-state index in [1.165, 1.54) is 0 Å². The molecule has 0 atom stereocenters. The SMILES string of the molecule is O=C(CCCc1nc(-c2ccc(Cl)cc2)no1)NCCNC(=O)c1cccc(Br)c1. The summed E-state index contributed by atoms with van der Waals surface area (Å²) in [6.07, 6.45) is 1.42. The zero-order chi connectivity index (χ0) is 21.3. The predicted octanol–water partition coefficient (Wildman–Crippen LogP) is 4.02. The molecule has 7 nitrogen and oxygen atoms in total. The van der Waals surface area contributed by atoms with Crippen LogP contribution in [-0.2, 0) is 11.2 Å². The van der Waals surface area contributed by atoms with Crippen LogP contribution in [0.2, 0.25) is 5.02 Å². The first-order chi connectivity index (χ1) is 14.5. The second kappa shape index (κ2) is 10.9. The van der Waals surface area contributed by atoms with Crippen LogP contribution in [0.15, 0.2) is 57.5 Å². The molecule has 1 heterocycles. The topological polar surface area (TPSA) is 97.1 Å². The highest BCUT2D eigenvalue weighted by atomic mass is 79.9. The molecule has 0 saturated heterocycles. The number of halogens is 2. The van der Waals surface area contributed by atoms with E-state index in [0.29, 0.717) is 54.7 Å². The normalized spacial score (nSPS) is 10.6. The first-order valence-corrected chi connectivity index (χ1v) is 10.6. The number of carbonyl (C=O) groups is 2. The van der Waals surface area contributed by atoms with E-state index < -0.39 is 0 Å². The molecule has 0 aliphatic carbocycles. The lowest BCUT2D eigenvalue weighted by molar-refractivity contribution is -0.121. The lowest BCUT2D eigenvalue weighted by atomic mass is 10.2. The molecule has 0 aliphatic rings. The molecule has 2 amide bonds. The molecule has 1 aromatic heterocycles. The van der Waals surface area contributed by atoms with Gasteiger partial charge in [0.1, 0.15) is 0 Å². The first-order valence-electron chi connectivity index (χ1n) is 9.40. The third kappa shape index (κ3) is 6.67. The van der Waals surface area contributed by atoms with Crippen LogP contribution < -0.4 is 10.6 Å². The van der Waals surface area contributed by atoms with Gasteiger partial charge in [0.2, 0.25) is 17.6 Å². The minimum atomic E-state index is -0.182. The third-order valence-electron chi connectivity index (χ3n) is 4.18. The molecular formula is C21H20BrClN4O3. The second-order valence-corrected chi connectivity index (χ2v) is 7.84. The Morgan fingerprint density at radius 1 is 1.07 bits per heavy atom. The maximum absolute atomic E-state index is 12.0. The number of benzene rings is 2. The fourth-order valence-electron chi connectivity index (χ4n) is 2.67. The minimum absolute atomic E-state index is 0.0934. The van der Waals surface area contributed by atoms with Gasteiger partial charge in [-0.1, -0.05) is 38.8 Å². The Kier molecular flexibility index (Phi) is 7.98. The molecule has 0 unspecified atom stereocenters. The van der Waals surface area contributed by atoms with Crippen LogP contribution in [0, 0.1) is 0 Å². The highest BCUT2D eigenvalue weighted by molar-refractivity contribution is 9.10.